The number of hydrogen-bond donors (Lipinski definition) is 1. The van der Waals surface area contributed by atoms with Crippen molar-refractivity contribution >= 4 is 5.69 Å². The van der Waals surface area contributed by atoms with Gasteiger partial charge in [-0.1, -0.05) is 13.8 Å². The molecule has 2 N–H and O–H groups in total. The summed E-state index contributed by atoms with van der Waals surface area (Å²) in [5.74, 6) is 1.58. The van der Waals surface area contributed by atoms with Crippen LogP contribution in [0.15, 0.2) is 12.3 Å². The Morgan fingerprint density at radius 3 is 2.82 bits per heavy atom. The van der Waals surface area contributed by atoms with Gasteiger partial charge in [-0.05, 0) is 31.2 Å². The third-order valence-corrected chi connectivity index (χ3v) is 3.99. The van der Waals surface area contributed by atoms with Crippen molar-refractivity contribution in [3.8, 4) is 0 Å². The molecule has 0 amide bonds. The van der Waals surface area contributed by atoms with Crippen LogP contribution in [0.4, 0.5) is 5.69 Å². The topological polar surface area (TPSA) is 42.1 Å². The van der Waals surface area contributed by atoms with Crippen molar-refractivity contribution in [2.45, 2.75) is 33.7 Å². The summed E-state index contributed by atoms with van der Waals surface area (Å²) in [6, 6.07) is 2.17. The van der Waals surface area contributed by atoms with E-state index in [-0.39, 0.29) is 0 Å². The number of nitrogens with two attached hydrogens (primary N) is 1. The Labute approximate surface area is 104 Å². The predicted octanol–water partition coefficient (Wildman–Crippen LogP) is 2.33. The van der Waals surface area contributed by atoms with E-state index in [4.69, 9.17) is 5.73 Å². The van der Waals surface area contributed by atoms with E-state index >= 15 is 0 Å². The first kappa shape index (κ1) is 12.4. The Morgan fingerprint density at radius 2 is 2.18 bits per heavy atom. The lowest BCUT2D eigenvalue weighted by Gasteiger charge is -2.37. The van der Waals surface area contributed by atoms with Crippen LogP contribution in [0.1, 0.15) is 31.5 Å². The highest BCUT2D eigenvalue weighted by molar-refractivity contribution is 5.54. The minimum atomic E-state index is 0.572. The van der Waals surface area contributed by atoms with Gasteiger partial charge in [0, 0.05) is 42.8 Å². The first-order valence-corrected chi connectivity index (χ1v) is 6.52. The van der Waals surface area contributed by atoms with Crippen LogP contribution in [0.2, 0.25) is 0 Å². The molecule has 1 aromatic rings. The zero-order chi connectivity index (χ0) is 12.4. The highest BCUT2D eigenvalue weighted by Crippen LogP contribution is 2.29. The molecule has 1 saturated heterocycles. The van der Waals surface area contributed by atoms with Crippen molar-refractivity contribution < 1.29 is 0 Å². The Balaban J connectivity index is 2.24. The van der Waals surface area contributed by atoms with Gasteiger partial charge in [-0.25, -0.2) is 0 Å². The highest BCUT2D eigenvalue weighted by atomic mass is 15.1. The third-order valence-electron chi connectivity index (χ3n) is 3.99. The lowest BCUT2D eigenvalue weighted by molar-refractivity contribution is 0.323. The van der Waals surface area contributed by atoms with Crippen molar-refractivity contribution in [3.05, 3.63) is 23.5 Å². The summed E-state index contributed by atoms with van der Waals surface area (Å²) in [7, 11) is 0. The second-order valence-electron chi connectivity index (χ2n) is 5.35. The Kier molecular flexibility index (Phi) is 3.67. The first-order valence-electron chi connectivity index (χ1n) is 6.52. The van der Waals surface area contributed by atoms with Gasteiger partial charge in [0.2, 0.25) is 0 Å². The smallest absolute Gasteiger partial charge is 0.0445 e. The summed E-state index contributed by atoms with van der Waals surface area (Å²) >= 11 is 0. The number of pyridine rings is 1. The number of aryl methyl sites for hydroxylation is 1. The number of piperidine rings is 1. The molecule has 17 heavy (non-hydrogen) atoms. The van der Waals surface area contributed by atoms with E-state index in [1.54, 1.807) is 0 Å². The molecular weight excluding hydrogens is 210 g/mol. The minimum absolute atomic E-state index is 0.572. The lowest BCUT2D eigenvalue weighted by Crippen LogP contribution is -2.39. The van der Waals surface area contributed by atoms with Crippen LogP contribution in [0, 0.1) is 18.8 Å². The van der Waals surface area contributed by atoms with Crippen LogP contribution in [0.5, 0.6) is 0 Å². The molecule has 1 fully saturated rings. The molecule has 0 radical (unpaired) electrons. The van der Waals surface area contributed by atoms with E-state index in [2.05, 4.69) is 29.8 Å². The van der Waals surface area contributed by atoms with Crippen LogP contribution in [-0.4, -0.2) is 18.1 Å². The van der Waals surface area contributed by atoms with Crippen LogP contribution >= 0.6 is 0 Å². The molecule has 0 aromatic carbocycles. The molecule has 1 aliphatic rings. The normalized spacial score (nSPS) is 25.1. The van der Waals surface area contributed by atoms with Crippen molar-refractivity contribution in [2.24, 2.45) is 17.6 Å². The average Bonchev–Trinajstić information content (AvgIpc) is 2.32. The quantitative estimate of drug-likeness (QED) is 0.852. The van der Waals surface area contributed by atoms with Crippen LogP contribution < -0.4 is 10.6 Å². The van der Waals surface area contributed by atoms with Gasteiger partial charge >= 0.3 is 0 Å². The van der Waals surface area contributed by atoms with Gasteiger partial charge in [0.25, 0.3) is 0 Å². The molecule has 2 rings (SSSR count). The van der Waals surface area contributed by atoms with Gasteiger partial charge in [0.1, 0.15) is 0 Å². The second-order valence-corrected chi connectivity index (χ2v) is 5.35. The van der Waals surface area contributed by atoms with E-state index in [0.717, 1.165) is 36.2 Å². The molecule has 0 aliphatic carbocycles. The summed E-state index contributed by atoms with van der Waals surface area (Å²) in [4.78, 5) is 6.81. The molecule has 0 bridgehead atoms. The predicted molar refractivity (Wildman–Crippen MR) is 72.0 cm³/mol. The van der Waals surface area contributed by atoms with E-state index in [9.17, 15) is 0 Å². The minimum Gasteiger partial charge on any atom is -0.371 e. The summed E-state index contributed by atoms with van der Waals surface area (Å²) < 4.78 is 0. The van der Waals surface area contributed by atoms with Crippen LogP contribution in [0.25, 0.3) is 0 Å². The number of rotatable bonds is 2. The fraction of sp³-hybridized carbons (Fsp3) is 0.643. The molecule has 1 aliphatic heterocycles. The van der Waals surface area contributed by atoms with E-state index in [0.29, 0.717) is 6.54 Å². The average molecular weight is 233 g/mol. The van der Waals surface area contributed by atoms with Gasteiger partial charge < -0.3 is 10.6 Å². The van der Waals surface area contributed by atoms with Crippen molar-refractivity contribution in [2.75, 3.05) is 18.0 Å². The molecule has 94 valence electrons. The molecule has 0 spiro atoms. The SMILES string of the molecule is Cc1cc(N2CCC(C)C(C)C2)c(CN)cn1. The van der Waals surface area contributed by atoms with Crippen molar-refractivity contribution in [3.63, 3.8) is 0 Å². The Bertz CT molecular complexity index is 389. The van der Waals surface area contributed by atoms with Gasteiger partial charge in [-0.2, -0.15) is 0 Å². The largest absolute Gasteiger partial charge is 0.371 e. The number of hydrogen-bond acceptors (Lipinski definition) is 3. The maximum atomic E-state index is 5.80. The summed E-state index contributed by atoms with van der Waals surface area (Å²) in [5, 5.41) is 0. The fourth-order valence-corrected chi connectivity index (χ4v) is 2.51. The fourth-order valence-electron chi connectivity index (χ4n) is 2.51. The highest BCUT2D eigenvalue weighted by Gasteiger charge is 2.24. The van der Waals surface area contributed by atoms with Crippen LogP contribution in [0.3, 0.4) is 0 Å². The van der Waals surface area contributed by atoms with Crippen molar-refractivity contribution in [1.82, 2.24) is 4.98 Å². The van der Waals surface area contributed by atoms with E-state index in [1.165, 1.54) is 12.1 Å². The van der Waals surface area contributed by atoms with Gasteiger partial charge in [-0.3, -0.25) is 4.98 Å². The Morgan fingerprint density at radius 1 is 1.41 bits per heavy atom. The molecule has 2 unspecified atom stereocenters. The second kappa shape index (κ2) is 5.05. The maximum Gasteiger partial charge on any atom is 0.0445 e. The monoisotopic (exact) mass is 233 g/mol. The summed E-state index contributed by atoms with van der Waals surface area (Å²) in [5.41, 5.74) is 9.33. The number of anilines is 1. The first-order chi connectivity index (χ1) is 8.11. The zero-order valence-corrected chi connectivity index (χ0v) is 11.1. The lowest BCUT2D eigenvalue weighted by atomic mass is 9.88. The number of nitrogens with zero attached hydrogens (tertiary/aromatic N) is 2. The molecule has 3 nitrogen and oxygen atoms in total. The molecular formula is C14H23N3. The van der Waals surface area contributed by atoms with Gasteiger partial charge in [-0.15, -0.1) is 0 Å². The van der Waals surface area contributed by atoms with Gasteiger partial charge in [0.15, 0.2) is 0 Å². The number of aromatic nitrogens is 1. The summed E-state index contributed by atoms with van der Waals surface area (Å²) in [6.07, 6.45) is 3.19. The standard InChI is InChI=1S/C14H23N3/c1-10-4-5-17(9-11(10)2)14-6-12(3)16-8-13(14)7-15/h6,8,10-11H,4-5,7,9,15H2,1-3H3. The molecule has 3 heteroatoms. The van der Waals surface area contributed by atoms with Gasteiger partial charge in [0.05, 0.1) is 0 Å². The molecule has 2 atom stereocenters. The molecule has 2 heterocycles. The Hall–Kier alpha value is -1.09. The van der Waals surface area contributed by atoms with Crippen LogP contribution in [-0.2, 0) is 6.54 Å². The molecule has 0 saturated carbocycles. The maximum absolute atomic E-state index is 5.80. The molecule has 1 aromatic heterocycles. The zero-order valence-electron chi connectivity index (χ0n) is 11.1. The van der Waals surface area contributed by atoms with E-state index in [1.807, 2.05) is 13.1 Å². The third kappa shape index (κ3) is 2.60. The summed E-state index contributed by atoms with van der Waals surface area (Å²) in [6.45, 7) is 9.58. The van der Waals surface area contributed by atoms with Crippen molar-refractivity contribution in [1.29, 1.82) is 0 Å². The van der Waals surface area contributed by atoms with E-state index < -0.39 is 0 Å².